The molecular weight excluding hydrogens is 228 g/mol. The van der Waals surface area contributed by atoms with Gasteiger partial charge >= 0.3 is 0 Å². The van der Waals surface area contributed by atoms with E-state index in [1.165, 1.54) is 4.88 Å². The Morgan fingerprint density at radius 3 is 2.80 bits per heavy atom. The Morgan fingerprint density at radius 2 is 2.20 bits per heavy atom. The number of nitrogens with one attached hydrogen (secondary N) is 1. The lowest BCUT2D eigenvalue weighted by molar-refractivity contribution is 0.337. The van der Waals surface area contributed by atoms with E-state index >= 15 is 0 Å². The average Bonchev–Trinajstić information content (AvgIpc) is 2.62. The van der Waals surface area contributed by atoms with Gasteiger partial charge in [0.2, 0.25) is 0 Å². The number of hydrogen-bond acceptors (Lipinski definition) is 3. The van der Waals surface area contributed by atoms with E-state index in [-0.39, 0.29) is 0 Å². The molecule has 0 bridgehead atoms. The van der Waals surface area contributed by atoms with Crippen molar-refractivity contribution in [2.24, 2.45) is 0 Å². The highest BCUT2D eigenvalue weighted by atomic mass is 35.5. The van der Waals surface area contributed by atoms with E-state index in [0.29, 0.717) is 0 Å². The fourth-order valence-corrected chi connectivity index (χ4v) is 2.42. The fourth-order valence-electron chi connectivity index (χ4n) is 1.35. The number of halogens is 1. The maximum Gasteiger partial charge on any atom is 0.0931 e. The molecule has 0 saturated carbocycles. The molecule has 0 aromatic carbocycles. The van der Waals surface area contributed by atoms with Gasteiger partial charge in [0, 0.05) is 24.5 Å². The first-order valence-electron chi connectivity index (χ1n) is 5.36. The summed E-state index contributed by atoms with van der Waals surface area (Å²) in [6, 6.07) is 4.09. The highest BCUT2D eigenvalue weighted by Crippen LogP contribution is 2.21. The predicted octanol–water partition coefficient (Wildman–Crippen LogP) is 2.49. The van der Waals surface area contributed by atoms with Crippen LogP contribution in [-0.2, 0) is 6.42 Å². The molecule has 0 amide bonds. The Labute approximate surface area is 101 Å². The van der Waals surface area contributed by atoms with Crippen LogP contribution >= 0.6 is 22.9 Å². The van der Waals surface area contributed by atoms with E-state index in [4.69, 9.17) is 11.6 Å². The summed E-state index contributed by atoms with van der Waals surface area (Å²) >= 11 is 7.55. The third-order valence-electron chi connectivity index (χ3n) is 2.29. The monoisotopic (exact) mass is 246 g/mol. The molecule has 2 nitrogen and oxygen atoms in total. The third-order valence-corrected chi connectivity index (χ3v) is 3.58. The molecule has 0 aliphatic heterocycles. The molecule has 0 fully saturated rings. The van der Waals surface area contributed by atoms with Crippen LogP contribution in [0.25, 0.3) is 0 Å². The van der Waals surface area contributed by atoms with Crippen LogP contribution in [0, 0.1) is 0 Å². The van der Waals surface area contributed by atoms with Crippen molar-refractivity contribution in [1.29, 1.82) is 0 Å². The number of hydrogen-bond donors (Lipinski definition) is 1. The SMILES string of the molecule is CCNCCN(C)CCc1ccc(Cl)s1. The van der Waals surface area contributed by atoms with Crippen molar-refractivity contribution >= 4 is 22.9 Å². The number of thiophene rings is 1. The molecule has 0 aliphatic rings. The largest absolute Gasteiger partial charge is 0.316 e. The molecule has 0 atom stereocenters. The zero-order valence-electron chi connectivity index (χ0n) is 9.42. The standard InChI is InChI=1S/C11H19ClN2S/c1-3-13-7-9-14(2)8-6-10-4-5-11(12)15-10/h4-5,13H,3,6-9H2,1-2H3. The first kappa shape index (κ1) is 13.0. The van der Waals surface area contributed by atoms with Crippen LogP contribution in [0.5, 0.6) is 0 Å². The van der Waals surface area contributed by atoms with Gasteiger partial charge in [-0.25, -0.2) is 0 Å². The topological polar surface area (TPSA) is 15.3 Å². The molecule has 1 aromatic heterocycles. The van der Waals surface area contributed by atoms with Crippen LogP contribution in [0.4, 0.5) is 0 Å². The quantitative estimate of drug-likeness (QED) is 0.744. The molecule has 15 heavy (non-hydrogen) atoms. The van der Waals surface area contributed by atoms with Gasteiger partial charge in [-0.05, 0) is 32.1 Å². The van der Waals surface area contributed by atoms with Crippen molar-refractivity contribution in [3.05, 3.63) is 21.3 Å². The summed E-state index contributed by atoms with van der Waals surface area (Å²) in [6.45, 7) is 6.45. The lowest BCUT2D eigenvalue weighted by Crippen LogP contribution is -2.30. The van der Waals surface area contributed by atoms with E-state index in [1.807, 2.05) is 6.07 Å². The summed E-state index contributed by atoms with van der Waals surface area (Å²) in [7, 11) is 2.16. The molecule has 4 heteroatoms. The smallest absolute Gasteiger partial charge is 0.0931 e. The summed E-state index contributed by atoms with van der Waals surface area (Å²) in [5.41, 5.74) is 0. The Morgan fingerprint density at radius 1 is 1.40 bits per heavy atom. The summed E-state index contributed by atoms with van der Waals surface area (Å²) < 4.78 is 0.889. The van der Waals surface area contributed by atoms with Crippen LogP contribution in [0.2, 0.25) is 4.34 Å². The van der Waals surface area contributed by atoms with Crippen molar-refractivity contribution in [3.63, 3.8) is 0 Å². The van der Waals surface area contributed by atoms with Crippen LogP contribution < -0.4 is 5.32 Å². The Balaban J connectivity index is 2.13. The summed E-state index contributed by atoms with van der Waals surface area (Å²) in [4.78, 5) is 3.71. The fraction of sp³-hybridized carbons (Fsp3) is 0.636. The minimum Gasteiger partial charge on any atom is -0.316 e. The molecule has 0 radical (unpaired) electrons. The number of rotatable bonds is 7. The molecule has 1 N–H and O–H groups in total. The minimum atomic E-state index is 0.889. The Bertz CT molecular complexity index is 275. The second kappa shape index (κ2) is 7.23. The van der Waals surface area contributed by atoms with Gasteiger partial charge in [-0.2, -0.15) is 0 Å². The van der Waals surface area contributed by atoms with E-state index in [0.717, 1.165) is 36.9 Å². The molecular formula is C11H19ClN2S. The van der Waals surface area contributed by atoms with Gasteiger partial charge in [-0.15, -0.1) is 11.3 Å². The summed E-state index contributed by atoms with van der Waals surface area (Å²) in [5.74, 6) is 0. The Hall–Kier alpha value is -0.0900. The molecule has 0 unspecified atom stereocenters. The van der Waals surface area contributed by atoms with Gasteiger partial charge < -0.3 is 10.2 Å². The maximum atomic E-state index is 5.87. The van der Waals surface area contributed by atoms with Gasteiger partial charge in [-0.3, -0.25) is 0 Å². The third kappa shape index (κ3) is 5.52. The van der Waals surface area contributed by atoms with Gasteiger partial charge in [-0.1, -0.05) is 18.5 Å². The molecule has 0 saturated heterocycles. The van der Waals surface area contributed by atoms with E-state index in [2.05, 4.69) is 30.3 Å². The van der Waals surface area contributed by atoms with Crippen LogP contribution in [0.3, 0.4) is 0 Å². The normalized spacial score (nSPS) is 11.2. The van der Waals surface area contributed by atoms with Crippen molar-refractivity contribution in [1.82, 2.24) is 10.2 Å². The zero-order chi connectivity index (χ0) is 11.1. The maximum absolute atomic E-state index is 5.87. The Kier molecular flexibility index (Phi) is 6.25. The van der Waals surface area contributed by atoms with Gasteiger partial charge in [0.05, 0.1) is 4.34 Å². The second-order valence-corrected chi connectivity index (χ2v) is 5.41. The highest BCUT2D eigenvalue weighted by Gasteiger charge is 2.01. The van der Waals surface area contributed by atoms with Crippen LogP contribution in [0.15, 0.2) is 12.1 Å². The lowest BCUT2D eigenvalue weighted by atomic mass is 10.3. The molecule has 1 rings (SSSR count). The van der Waals surface area contributed by atoms with Gasteiger partial charge in [0.1, 0.15) is 0 Å². The first-order chi connectivity index (χ1) is 7.22. The van der Waals surface area contributed by atoms with Gasteiger partial charge in [0.15, 0.2) is 0 Å². The van der Waals surface area contributed by atoms with E-state index < -0.39 is 0 Å². The summed E-state index contributed by atoms with van der Waals surface area (Å²) in [5, 5.41) is 3.32. The first-order valence-corrected chi connectivity index (χ1v) is 6.55. The highest BCUT2D eigenvalue weighted by molar-refractivity contribution is 7.16. The van der Waals surface area contributed by atoms with Gasteiger partial charge in [0.25, 0.3) is 0 Å². The predicted molar refractivity (Wildman–Crippen MR) is 69.1 cm³/mol. The number of nitrogens with zero attached hydrogens (tertiary/aromatic N) is 1. The van der Waals surface area contributed by atoms with E-state index in [9.17, 15) is 0 Å². The second-order valence-electron chi connectivity index (χ2n) is 3.61. The van der Waals surface area contributed by atoms with E-state index in [1.54, 1.807) is 11.3 Å². The molecule has 1 heterocycles. The average molecular weight is 247 g/mol. The van der Waals surface area contributed by atoms with Crippen molar-refractivity contribution in [2.75, 3.05) is 33.2 Å². The molecule has 1 aromatic rings. The van der Waals surface area contributed by atoms with Crippen LogP contribution in [0.1, 0.15) is 11.8 Å². The molecule has 0 spiro atoms. The van der Waals surface area contributed by atoms with Crippen molar-refractivity contribution in [3.8, 4) is 0 Å². The molecule has 0 aliphatic carbocycles. The number of likely N-dealkylation sites (N-methyl/N-ethyl adjacent to an activating group) is 2. The lowest BCUT2D eigenvalue weighted by Gasteiger charge is -2.15. The van der Waals surface area contributed by atoms with Crippen molar-refractivity contribution < 1.29 is 0 Å². The van der Waals surface area contributed by atoms with Crippen molar-refractivity contribution in [2.45, 2.75) is 13.3 Å². The summed E-state index contributed by atoms with van der Waals surface area (Å²) in [6.07, 6.45) is 1.10. The minimum absolute atomic E-state index is 0.889. The van der Waals surface area contributed by atoms with Crippen LogP contribution in [-0.4, -0.2) is 38.1 Å². The molecule has 86 valence electrons. The zero-order valence-corrected chi connectivity index (χ0v) is 11.0.